The Labute approximate surface area is 279 Å². The molecule has 3 aromatic rings. The van der Waals surface area contributed by atoms with E-state index in [1.165, 1.54) is 24.3 Å². The van der Waals surface area contributed by atoms with Gasteiger partial charge in [-0.1, -0.05) is 114 Å². The number of nitrogens with zero attached hydrogens (tertiary/aromatic N) is 1. The molecule has 0 aromatic heterocycles. The molecular weight excluding hydrogens is 667 g/mol. The summed E-state index contributed by atoms with van der Waals surface area (Å²) in [5.41, 5.74) is 1.25. The number of methoxy groups -OCH3 is 1. The maximum atomic E-state index is 13.3. The molecule has 244 valence electrons. The lowest BCUT2D eigenvalue weighted by molar-refractivity contribution is -0.385. The summed E-state index contributed by atoms with van der Waals surface area (Å²) in [4.78, 5) is 37.4. The van der Waals surface area contributed by atoms with Gasteiger partial charge in [-0.05, 0) is 11.1 Å². The second-order valence-electron chi connectivity index (χ2n) is 9.93. The van der Waals surface area contributed by atoms with E-state index >= 15 is 0 Å². The van der Waals surface area contributed by atoms with Gasteiger partial charge >= 0.3 is 11.9 Å². The molecule has 0 unspecified atom stereocenters. The summed E-state index contributed by atoms with van der Waals surface area (Å²) in [5, 5.41) is 19.7. The summed E-state index contributed by atoms with van der Waals surface area (Å²) in [6.45, 7) is -0.0712. The fourth-order valence-corrected chi connectivity index (χ4v) is 4.74. The number of benzene rings is 3. The second kappa shape index (κ2) is 16.2. The van der Waals surface area contributed by atoms with Gasteiger partial charge in [-0.25, -0.2) is 4.79 Å². The molecule has 0 amide bonds. The van der Waals surface area contributed by atoms with Crippen LogP contribution >= 0.6 is 34.8 Å². The minimum atomic E-state index is -2.30. The van der Waals surface area contributed by atoms with Crippen LogP contribution in [-0.2, 0) is 57.6 Å². The van der Waals surface area contributed by atoms with Gasteiger partial charge in [-0.15, -0.1) is 0 Å². The van der Waals surface area contributed by atoms with Gasteiger partial charge in [0.05, 0.1) is 31.7 Å². The molecule has 1 N–H and O–H groups in total. The number of para-hydroxylation sites is 1. The number of esters is 2. The van der Waals surface area contributed by atoms with Crippen LogP contribution in [0.15, 0.2) is 84.9 Å². The van der Waals surface area contributed by atoms with Gasteiger partial charge in [0.2, 0.25) is 12.2 Å². The second-order valence-corrected chi connectivity index (χ2v) is 12.2. The van der Waals surface area contributed by atoms with Crippen LogP contribution < -0.4 is 0 Å². The van der Waals surface area contributed by atoms with Crippen molar-refractivity contribution < 1.29 is 42.9 Å². The summed E-state index contributed by atoms with van der Waals surface area (Å²) in [5.74, 6) is -2.75. The van der Waals surface area contributed by atoms with E-state index in [1.54, 1.807) is 48.5 Å². The molecule has 0 bridgehead atoms. The molecule has 1 heterocycles. The molecule has 1 aliphatic rings. The van der Waals surface area contributed by atoms with Gasteiger partial charge in [-0.2, -0.15) is 0 Å². The molecule has 5 atom stereocenters. The van der Waals surface area contributed by atoms with Crippen LogP contribution in [0.25, 0.3) is 0 Å². The molecule has 0 radical (unpaired) electrons. The Morgan fingerprint density at radius 3 is 1.93 bits per heavy atom. The molecule has 4 rings (SSSR count). The van der Waals surface area contributed by atoms with Crippen molar-refractivity contribution >= 4 is 58.3 Å². The third-order valence-electron chi connectivity index (χ3n) is 6.78. The Balaban J connectivity index is 1.73. The van der Waals surface area contributed by atoms with Crippen molar-refractivity contribution in [2.75, 3.05) is 7.11 Å². The summed E-state index contributed by atoms with van der Waals surface area (Å²) in [7, 11) is 1.09. The maximum Gasteiger partial charge on any atom is 0.339 e. The van der Waals surface area contributed by atoms with Crippen molar-refractivity contribution in [3.8, 4) is 0 Å². The van der Waals surface area contributed by atoms with Gasteiger partial charge in [0.25, 0.3) is 9.48 Å². The van der Waals surface area contributed by atoms with Crippen molar-refractivity contribution in [3.63, 3.8) is 0 Å². The monoisotopic (exact) mass is 694 g/mol. The lowest BCUT2D eigenvalue weighted by atomic mass is 9.97. The van der Waals surface area contributed by atoms with E-state index in [4.69, 9.17) is 68.6 Å². The third-order valence-corrected chi connectivity index (χ3v) is 7.30. The van der Waals surface area contributed by atoms with E-state index in [0.29, 0.717) is 0 Å². The number of nitrogens with one attached hydrogen (secondary N) is 1. The molecule has 1 aliphatic heterocycles. The van der Waals surface area contributed by atoms with Gasteiger partial charge in [0.1, 0.15) is 12.2 Å². The Bertz CT molecular complexity index is 1510. The Morgan fingerprint density at radius 2 is 1.39 bits per heavy atom. The highest BCUT2D eigenvalue weighted by Gasteiger charge is 2.54. The summed E-state index contributed by atoms with van der Waals surface area (Å²) in [6, 6.07) is 23.7. The minimum Gasteiger partial charge on any atom is -0.467 e. The molecular formula is C31H29Cl3N2O10. The van der Waals surface area contributed by atoms with E-state index in [-0.39, 0.29) is 24.5 Å². The Hall–Kier alpha value is -3.78. The standard InChI is InChI=1S/C31H29Cl3N2O10/c1-41-28(38)26-25(44-23(37)16-21-14-8-9-15-22(21)36(39)40)24(42-17-19-10-4-2-5-11-19)27(43-18-20-12-6-3-7-13-20)29(45-26)46-30(35)31(32,33)34/h2-15,24-27,29,35H,16-18H2,1H3/t24-,25-,26-,27+,29+/m0/s1. The van der Waals surface area contributed by atoms with Gasteiger partial charge in [0.15, 0.2) is 12.2 Å². The minimum absolute atomic E-state index is 0.0270. The van der Waals surface area contributed by atoms with Crippen molar-refractivity contribution in [2.45, 2.75) is 54.1 Å². The van der Waals surface area contributed by atoms with Crippen LogP contribution in [0.5, 0.6) is 0 Å². The number of hydrogen-bond acceptors (Lipinski definition) is 11. The van der Waals surface area contributed by atoms with E-state index < -0.39 is 63.7 Å². The van der Waals surface area contributed by atoms with Crippen molar-refractivity contribution in [1.29, 1.82) is 5.41 Å². The Kier molecular flexibility index (Phi) is 12.3. The predicted octanol–water partition coefficient (Wildman–Crippen LogP) is 5.48. The first kappa shape index (κ1) is 35.1. The van der Waals surface area contributed by atoms with Crippen molar-refractivity contribution in [2.24, 2.45) is 0 Å². The highest BCUT2D eigenvalue weighted by Crippen LogP contribution is 2.35. The average Bonchev–Trinajstić information content (AvgIpc) is 3.04. The lowest BCUT2D eigenvalue weighted by Crippen LogP contribution is -2.63. The number of rotatable bonds is 12. The van der Waals surface area contributed by atoms with Crippen LogP contribution in [0.2, 0.25) is 0 Å². The number of nitro groups is 1. The zero-order valence-electron chi connectivity index (χ0n) is 24.3. The molecule has 12 nitrogen and oxygen atoms in total. The van der Waals surface area contributed by atoms with E-state index in [0.717, 1.165) is 18.2 Å². The quantitative estimate of drug-likeness (QED) is 0.0643. The highest BCUT2D eigenvalue weighted by atomic mass is 35.6. The third kappa shape index (κ3) is 9.38. The SMILES string of the molecule is COC(=O)[C@H]1O[C@H](OC(=N)C(Cl)(Cl)Cl)[C@H](OCc2ccccc2)[C@@H](OCc2ccccc2)[C@@H]1OC(=O)Cc1ccccc1[N+](=O)[O-]. The number of nitro benzene ring substituents is 1. The van der Waals surface area contributed by atoms with Crippen molar-refractivity contribution in [1.82, 2.24) is 0 Å². The molecule has 1 saturated heterocycles. The predicted molar refractivity (Wildman–Crippen MR) is 166 cm³/mol. The molecule has 0 saturated carbocycles. The number of carbonyl (C=O) groups is 2. The van der Waals surface area contributed by atoms with Crippen molar-refractivity contribution in [3.05, 3.63) is 112 Å². The molecule has 15 heteroatoms. The van der Waals surface area contributed by atoms with Crippen LogP contribution in [0.4, 0.5) is 5.69 Å². The Morgan fingerprint density at radius 1 is 0.848 bits per heavy atom. The average molecular weight is 696 g/mol. The maximum absolute atomic E-state index is 13.3. The van der Waals surface area contributed by atoms with Crippen LogP contribution in [0.1, 0.15) is 16.7 Å². The van der Waals surface area contributed by atoms with E-state index in [1.807, 2.05) is 12.1 Å². The lowest BCUT2D eigenvalue weighted by Gasteiger charge is -2.44. The number of halogens is 3. The van der Waals surface area contributed by atoms with E-state index in [9.17, 15) is 19.7 Å². The first-order valence-electron chi connectivity index (χ1n) is 13.8. The van der Waals surface area contributed by atoms with Crippen LogP contribution in [0.3, 0.4) is 0 Å². The fraction of sp³-hybridized carbons (Fsp3) is 0.323. The first-order chi connectivity index (χ1) is 22.0. The zero-order valence-corrected chi connectivity index (χ0v) is 26.5. The van der Waals surface area contributed by atoms with Gasteiger partial charge in [-0.3, -0.25) is 20.3 Å². The van der Waals surface area contributed by atoms with Gasteiger partial charge in [0, 0.05) is 11.6 Å². The molecule has 1 fully saturated rings. The largest absolute Gasteiger partial charge is 0.467 e. The number of carbonyl (C=O) groups excluding carboxylic acids is 2. The van der Waals surface area contributed by atoms with E-state index in [2.05, 4.69) is 0 Å². The van der Waals surface area contributed by atoms with Gasteiger partial charge < -0.3 is 28.4 Å². The summed E-state index contributed by atoms with van der Waals surface area (Å²) < 4.78 is 32.4. The molecule has 0 aliphatic carbocycles. The summed E-state index contributed by atoms with van der Waals surface area (Å²) >= 11 is 17.6. The number of alkyl halides is 3. The van der Waals surface area contributed by atoms with Crippen LogP contribution in [0, 0.1) is 15.5 Å². The highest BCUT2D eigenvalue weighted by molar-refractivity contribution is 6.76. The molecule has 46 heavy (non-hydrogen) atoms. The molecule has 3 aromatic carbocycles. The fourth-order valence-electron chi connectivity index (χ4n) is 4.61. The first-order valence-corrected chi connectivity index (χ1v) is 14.9. The smallest absolute Gasteiger partial charge is 0.339 e. The molecule has 0 spiro atoms. The number of hydrogen-bond donors (Lipinski definition) is 1. The number of ether oxygens (including phenoxy) is 6. The topological polar surface area (TPSA) is 157 Å². The summed E-state index contributed by atoms with van der Waals surface area (Å²) in [6.07, 6.45) is -7.90. The normalized spacial score (nSPS) is 21.2. The van der Waals surface area contributed by atoms with Crippen LogP contribution in [-0.4, -0.2) is 64.4 Å². The zero-order chi connectivity index (χ0) is 33.3.